The molecule has 0 radical (unpaired) electrons. The van der Waals surface area contributed by atoms with E-state index < -0.39 is 0 Å². The molecule has 17 heavy (non-hydrogen) atoms. The molecule has 0 atom stereocenters. The van der Waals surface area contributed by atoms with Crippen LogP contribution in [0.15, 0.2) is 18.2 Å². The molecule has 0 unspecified atom stereocenters. The maximum Gasteiger partial charge on any atom is 0.0465 e. The van der Waals surface area contributed by atoms with Gasteiger partial charge in [-0.1, -0.05) is 29.3 Å². The maximum atomic E-state index is 6.11. The molecule has 0 bridgehead atoms. The summed E-state index contributed by atoms with van der Waals surface area (Å²) in [7, 11) is 0. The molecule has 0 amide bonds. The zero-order valence-corrected chi connectivity index (χ0v) is 11.8. The van der Waals surface area contributed by atoms with Crippen molar-refractivity contribution in [2.45, 2.75) is 25.4 Å². The molecule has 1 aromatic carbocycles. The molecule has 2 N–H and O–H groups in total. The highest BCUT2D eigenvalue weighted by atomic mass is 35.5. The lowest BCUT2D eigenvalue weighted by molar-refractivity contribution is 0.386. The van der Waals surface area contributed by atoms with Crippen molar-refractivity contribution in [2.24, 2.45) is 0 Å². The minimum Gasteiger partial charge on any atom is -0.317 e. The van der Waals surface area contributed by atoms with Crippen LogP contribution >= 0.6 is 35.6 Å². The van der Waals surface area contributed by atoms with Crippen LogP contribution in [0.25, 0.3) is 0 Å². The Morgan fingerprint density at radius 1 is 1.18 bits per heavy atom. The summed E-state index contributed by atoms with van der Waals surface area (Å²) in [5, 5.41) is 8.34. The Morgan fingerprint density at radius 3 is 2.35 bits per heavy atom. The average Bonchev–Trinajstić information content (AvgIpc) is 2.30. The number of hydrogen-bond acceptors (Lipinski definition) is 2. The van der Waals surface area contributed by atoms with Gasteiger partial charge >= 0.3 is 0 Å². The van der Waals surface area contributed by atoms with E-state index in [1.165, 1.54) is 12.8 Å². The summed E-state index contributed by atoms with van der Waals surface area (Å²) in [6.07, 6.45) is 2.34. The third-order valence-electron chi connectivity index (χ3n) is 2.97. The molecule has 1 heterocycles. The van der Waals surface area contributed by atoms with Crippen LogP contribution in [0.1, 0.15) is 18.4 Å². The van der Waals surface area contributed by atoms with E-state index >= 15 is 0 Å². The van der Waals surface area contributed by atoms with Crippen LogP contribution in [0.5, 0.6) is 0 Å². The first-order valence-electron chi connectivity index (χ1n) is 5.64. The van der Waals surface area contributed by atoms with Crippen molar-refractivity contribution in [3.63, 3.8) is 0 Å². The molecule has 0 spiro atoms. The van der Waals surface area contributed by atoms with Gasteiger partial charge in [0.25, 0.3) is 0 Å². The summed E-state index contributed by atoms with van der Waals surface area (Å²) in [5.41, 5.74) is 1.00. The van der Waals surface area contributed by atoms with Gasteiger partial charge in [0.05, 0.1) is 0 Å². The Kier molecular flexibility index (Phi) is 6.60. The van der Waals surface area contributed by atoms with Crippen LogP contribution in [0.2, 0.25) is 10.0 Å². The van der Waals surface area contributed by atoms with Gasteiger partial charge in [0, 0.05) is 28.2 Å². The van der Waals surface area contributed by atoms with E-state index in [-0.39, 0.29) is 12.4 Å². The fourth-order valence-electron chi connectivity index (χ4n) is 1.97. The molecule has 1 aromatic rings. The molecule has 1 aliphatic rings. The molecule has 2 nitrogen and oxygen atoms in total. The fraction of sp³-hybridized carbons (Fsp3) is 0.500. The quantitative estimate of drug-likeness (QED) is 0.894. The number of piperidine rings is 1. The van der Waals surface area contributed by atoms with Gasteiger partial charge in [-0.15, -0.1) is 12.4 Å². The molecule has 0 aromatic heterocycles. The number of halogens is 3. The summed E-state index contributed by atoms with van der Waals surface area (Å²) in [6.45, 7) is 2.94. The highest BCUT2D eigenvalue weighted by molar-refractivity contribution is 6.35. The molecule has 0 aliphatic carbocycles. The molecule has 2 rings (SSSR count). The Morgan fingerprint density at radius 2 is 1.76 bits per heavy atom. The lowest BCUT2D eigenvalue weighted by Crippen LogP contribution is -2.39. The second-order valence-corrected chi connectivity index (χ2v) is 4.92. The van der Waals surface area contributed by atoms with Crippen molar-refractivity contribution >= 4 is 35.6 Å². The summed E-state index contributed by atoms with van der Waals surface area (Å²) < 4.78 is 0. The van der Waals surface area contributed by atoms with E-state index in [0.29, 0.717) is 6.04 Å². The second kappa shape index (κ2) is 7.45. The minimum absolute atomic E-state index is 0. The summed E-state index contributed by atoms with van der Waals surface area (Å²) in [4.78, 5) is 0. The van der Waals surface area contributed by atoms with E-state index in [1.807, 2.05) is 18.2 Å². The number of benzene rings is 1. The normalized spacial score (nSPS) is 16.6. The first-order valence-corrected chi connectivity index (χ1v) is 6.40. The van der Waals surface area contributed by atoms with Crippen LogP contribution in [-0.2, 0) is 6.54 Å². The van der Waals surface area contributed by atoms with Crippen molar-refractivity contribution in [1.29, 1.82) is 0 Å². The first kappa shape index (κ1) is 15.1. The maximum absolute atomic E-state index is 6.11. The van der Waals surface area contributed by atoms with Crippen molar-refractivity contribution in [2.75, 3.05) is 13.1 Å². The van der Waals surface area contributed by atoms with E-state index in [9.17, 15) is 0 Å². The molecular weight excluding hydrogens is 279 g/mol. The minimum atomic E-state index is 0. The predicted molar refractivity (Wildman–Crippen MR) is 76.4 cm³/mol. The lowest BCUT2D eigenvalue weighted by atomic mass is 10.1. The molecule has 1 saturated heterocycles. The van der Waals surface area contributed by atoms with Gasteiger partial charge in [0.15, 0.2) is 0 Å². The van der Waals surface area contributed by atoms with Crippen molar-refractivity contribution in [3.05, 3.63) is 33.8 Å². The van der Waals surface area contributed by atoms with E-state index in [1.54, 1.807) is 0 Å². The first-order chi connectivity index (χ1) is 7.77. The zero-order chi connectivity index (χ0) is 11.4. The third kappa shape index (κ3) is 4.31. The Bertz CT molecular complexity index is 331. The number of nitrogens with one attached hydrogen (secondary N) is 2. The van der Waals surface area contributed by atoms with Gasteiger partial charge in [-0.2, -0.15) is 0 Å². The Balaban J connectivity index is 0.00000144. The molecule has 96 valence electrons. The van der Waals surface area contributed by atoms with E-state index in [0.717, 1.165) is 35.2 Å². The Labute approximate surface area is 118 Å². The van der Waals surface area contributed by atoms with Crippen LogP contribution < -0.4 is 10.6 Å². The van der Waals surface area contributed by atoms with Gasteiger partial charge in [0.2, 0.25) is 0 Å². The van der Waals surface area contributed by atoms with Gasteiger partial charge < -0.3 is 10.6 Å². The van der Waals surface area contributed by atoms with Gasteiger partial charge in [-0.05, 0) is 38.1 Å². The Hall–Kier alpha value is 0.01000. The van der Waals surface area contributed by atoms with Gasteiger partial charge in [0.1, 0.15) is 0 Å². The third-order valence-corrected chi connectivity index (χ3v) is 3.68. The van der Waals surface area contributed by atoms with Gasteiger partial charge in [-0.3, -0.25) is 0 Å². The van der Waals surface area contributed by atoms with Crippen LogP contribution in [-0.4, -0.2) is 19.1 Å². The SMILES string of the molecule is Cl.Clc1cccc(Cl)c1CNC1CCNCC1. The molecule has 1 fully saturated rings. The number of rotatable bonds is 3. The molecular formula is C12H17Cl3N2. The largest absolute Gasteiger partial charge is 0.317 e. The summed E-state index contributed by atoms with van der Waals surface area (Å²) >= 11 is 12.2. The molecule has 0 saturated carbocycles. The highest BCUT2D eigenvalue weighted by Crippen LogP contribution is 2.24. The molecule has 1 aliphatic heterocycles. The van der Waals surface area contributed by atoms with Crippen LogP contribution in [0, 0.1) is 0 Å². The molecule has 5 heteroatoms. The highest BCUT2D eigenvalue weighted by Gasteiger charge is 2.13. The van der Waals surface area contributed by atoms with Crippen molar-refractivity contribution < 1.29 is 0 Å². The van der Waals surface area contributed by atoms with Gasteiger partial charge in [-0.25, -0.2) is 0 Å². The summed E-state index contributed by atoms with van der Waals surface area (Å²) in [5.74, 6) is 0. The monoisotopic (exact) mass is 294 g/mol. The average molecular weight is 296 g/mol. The lowest BCUT2D eigenvalue weighted by Gasteiger charge is -2.24. The summed E-state index contributed by atoms with van der Waals surface area (Å²) in [6, 6.07) is 6.21. The second-order valence-electron chi connectivity index (χ2n) is 4.11. The standard InChI is InChI=1S/C12H16Cl2N2.ClH/c13-11-2-1-3-12(14)10(11)8-16-9-4-6-15-7-5-9;/h1-3,9,15-16H,4-8H2;1H. The number of hydrogen-bond donors (Lipinski definition) is 2. The van der Waals surface area contributed by atoms with E-state index in [2.05, 4.69) is 10.6 Å². The van der Waals surface area contributed by atoms with Crippen LogP contribution in [0.3, 0.4) is 0 Å². The topological polar surface area (TPSA) is 24.1 Å². The predicted octanol–water partition coefficient (Wildman–Crippen LogP) is 3.26. The van der Waals surface area contributed by atoms with Crippen molar-refractivity contribution in [3.8, 4) is 0 Å². The fourth-order valence-corrected chi connectivity index (χ4v) is 2.50. The van der Waals surface area contributed by atoms with Crippen molar-refractivity contribution in [1.82, 2.24) is 10.6 Å². The van der Waals surface area contributed by atoms with Crippen LogP contribution in [0.4, 0.5) is 0 Å². The smallest absolute Gasteiger partial charge is 0.0465 e. The zero-order valence-electron chi connectivity index (χ0n) is 9.51. The van der Waals surface area contributed by atoms with E-state index in [4.69, 9.17) is 23.2 Å².